The van der Waals surface area contributed by atoms with E-state index in [1.807, 2.05) is 38.1 Å². The number of benzene rings is 1. The number of aryl methyl sites for hydroxylation is 4. The molecule has 2 heterocycles. The lowest BCUT2D eigenvalue weighted by atomic mass is 10.1. The van der Waals surface area contributed by atoms with E-state index < -0.39 is 5.97 Å². The first-order valence-corrected chi connectivity index (χ1v) is 10.9. The lowest BCUT2D eigenvalue weighted by Crippen LogP contribution is -2.11. The summed E-state index contributed by atoms with van der Waals surface area (Å²) in [7, 11) is 0. The summed E-state index contributed by atoms with van der Waals surface area (Å²) < 4.78 is 0. The third kappa shape index (κ3) is 3.64. The summed E-state index contributed by atoms with van der Waals surface area (Å²) in [5.74, 6) is -0.570. The van der Waals surface area contributed by atoms with E-state index in [4.69, 9.17) is 10.1 Å². The van der Waals surface area contributed by atoms with Crippen molar-refractivity contribution in [3.05, 3.63) is 61.5 Å². The molecule has 4 rings (SSSR count). The Bertz CT molecular complexity index is 1170. The molecule has 0 amide bonds. The van der Waals surface area contributed by atoms with E-state index in [0.717, 1.165) is 46.3 Å². The first kappa shape index (κ1) is 19.0. The van der Waals surface area contributed by atoms with Gasteiger partial charge in [-0.15, -0.1) is 23.1 Å². The molecule has 1 aliphatic rings. The highest BCUT2D eigenvalue weighted by Crippen LogP contribution is 2.36. The van der Waals surface area contributed by atoms with Crippen molar-refractivity contribution in [3.8, 4) is 0 Å². The van der Waals surface area contributed by atoms with Crippen molar-refractivity contribution in [2.45, 2.75) is 33.1 Å². The molecule has 0 aliphatic heterocycles. The van der Waals surface area contributed by atoms with Gasteiger partial charge in [0.2, 0.25) is 0 Å². The third-order valence-electron chi connectivity index (χ3n) is 4.88. The quantitative estimate of drug-likeness (QED) is 0.649. The molecule has 3 aromatic rings. The van der Waals surface area contributed by atoms with Gasteiger partial charge in [-0.3, -0.25) is 9.59 Å². The molecule has 1 aliphatic carbocycles. The average Bonchev–Trinajstić information content (AvgIpc) is 3.21. The molecule has 1 aromatic carbocycles. The molecule has 0 spiro atoms. The zero-order valence-electron chi connectivity index (χ0n) is 15.7. The molecule has 144 valence electrons. The highest BCUT2D eigenvalue weighted by atomic mass is 32.2. The van der Waals surface area contributed by atoms with Crippen molar-refractivity contribution in [1.82, 2.24) is 9.97 Å². The minimum absolute atomic E-state index is 0.0978. The number of carbonyl (C=O) groups is 1. The molecule has 2 N–H and O–H groups in total. The van der Waals surface area contributed by atoms with Gasteiger partial charge in [-0.05, 0) is 55.9 Å². The van der Waals surface area contributed by atoms with Crippen molar-refractivity contribution in [3.63, 3.8) is 0 Å². The Labute approximate surface area is 170 Å². The van der Waals surface area contributed by atoms with Gasteiger partial charge < -0.3 is 10.1 Å². The molecule has 0 radical (unpaired) electrons. The van der Waals surface area contributed by atoms with Gasteiger partial charge in [-0.2, -0.15) is 0 Å². The van der Waals surface area contributed by atoms with Crippen LogP contribution in [-0.4, -0.2) is 26.8 Å². The van der Waals surface area contributed by atoms with E-state index in [1.165, 1.54) is 16.6 Å². The van der Waals surface area contributed by atoms with Gasteiger partial charge in [0.25, 0.3) is 5.56 Å². The predicted octanol–water partition coefficient (Wildman–Crippen LogP) is 4.41. The van der Waals surface area contributed by atoms with Crippen LogP contribution >= 0.6 is 23.1 Å². The number of carboxylic acids is 1. The van der Waals surface area contributed by atoms with Gasteiger partial charge in [0.1, 0.15) is 10.7 Å². The van der Waals surface area contributed by atoms with Crippen LogP contribution in [0.25, 0.3) is 21.2 Å². The maximum absolute atomic E-state index is 12.8. The Hall–Kier alpha value is -2.38. The minimum atomic E-state index is -0.907. The second kappa shape index (κ2) is 7.56. The maximum atomic E-state index is 12.8. The Kier molecular flexibility index (Phi) is 5.12. The summed E-state index contributed by atoms with van der Waals surface area (Å²) in [6.45, 7) is 4.02. The van der Waals surface area contributed by atoms with E-state index in [-0.39, 0.29) is 11.3 Å². The fraction of sp³-hybridized carbons (Fsp3) is 0.286. The van der Waals surface area contributed by atoms with Gasteiger partial charge in [0.15, 0.2) is 0 Å². The topological polar surface area (TPSA) is 83.0 Å². The monoisotopic (exact) mass is 412 g/mol. The Morgan fingerprint density at radius 1 is 1.36 bits per heavy atom. The number of hydrogen-bond donors (Lipinski definition) is 2. The number of rotatable bonds is 5. The predicted molar refractivity (Wildman–Crippen MR) is 116 cm³/mol. The minimum Gasteiger partial charge on any atom is -0.481 e. The smallest absolute Gasteiger partial charge is 0.313 e. The first-order valence-electron chi connectivity index (χ1n) is 9.11. The van der Waals surface area contributed by atoms with Gasteiger partial charge >= 0.3 is 5.97 Å². The van der Waals surface area contributed by atoms with Gasteiger partial charge in [0.05, 0.1) is 16.0 Å². The van der Waals surface area contributed by atoms with Gasteiger partial charge in [-0.1, -0.05) is 23.8 Å². The molecule has 7 heteroatoms. The van der Waals surface area contributed by atoms with E-state index >= 15 is 0 Å². The molecular formula is C21H20N2O3S2. The Morgan fingerprint density at radius 3 is 2.96 bits per heavy atom. The zero-order chi connectivity index (χ0) is 19.8. The second-order valence-electron chi connectivity index (χ2n) is 7.00. The number of hydrogen-bond acceptors (Lipinski definition) is 5. The standard InChI is InChI=1S/C21H20N2O3S2/c1-11-6-7-12(2)13(8-11)9-16(27-10-17(24)25)19-22-20(26)18-14-4-3-5-15(14)28-21(18)23-19/h6-9H,3-5,10H2,1-2H3,(H,24,25)(H,22,23,26)/b16-9-. The third-order valence-corrected chi connectivity index (χ3v) is 7.08. The summed E-state index contributed by atoms with van der Waals surface area (Å²) in [6.07, 6.45) is 4.94. The molecule has 0 saturated heterocycles. The summed E-state index contributed by atoms with van der Waals surface area (Å²) in [6, 6.07) is 6.12. The lowest BCUT2D eigenvalue weighted by Gasteiger charge is -2.08. The molecule has 0 fully saturated rings. The number of fused-ring (bicyclic) bond motifs is 3. The van der Waals surface area contributed by atoms with Crippen LogP contribution in [0.4, 0.5) is 0 Å². The highest BCUT2D eigenvalue weighted by Gasteiger charge is 2.22. The number of nitrogens with zero attached hydrogens (tertiary/aromatic N) is 1. The van der Waals surface area contributed by atoms with Crippen LogP contribution in [0.5, 0.6) is 0 Å². The number of thiophene rings is 1. The van der Waals surface area contributed by atoms with Crippen LogP contribution in [0, 0.1) is 13.8 Å². The molecule has 0 atom stereocenters. The van der Waals surface area contributed by atoms with Gasteiger partial charge in [-0.25, -0.2) is 4.98 Å². The number of carboxylic acid groups (broad SMARTS) is 1. The summed E-state index contributed by atoms with van der Waals surface area (Å²) in [5, 5.41) is 9.85. The highest BCUT2D eigenvalue weighted by molar-refractivity contribution is 8.09. The second-order valence-corrected chi connectivity index (χ2v) is 9.10. The molecular weight excluding hydrogens is 392 g/mol. The SMILES string of the molecule is Cc1ccc(C)c(/C=C(\SCC(=O)O)c2nc3sc4c(c3c(=O)[nH]2)CCC4)c1. The Balaban J connectivity index is 1.84. The summed E-state index contributed by atoms with van der Waals surface area (Å²) >= 11 is 2.76. The molecule has 0 unspecified atom stereocenters. The number of aliphatic carboxylic acids is 1. The number of aromatic nitrogens is 2. The first-order chi connectivity index (χ1) is 13.4. The molecule has 0 bridgehead atoms. The van der Waals surface area contributed by atoms with Crippen molar-refractivity contribution in [1.29, 1.82) is 0 Å². The summed E-state index contributed by atoms with van der Waals surface area (Å²) in [4.78, 5) is 34.2. The summed E-state index contributed by atoms with van der Waals surface area (Å²) in [5.41, 5.74) is 4.19. The van der Waals surface area contributed by atoms with E-state index in [2.05, 4.69) is 4.98 Å². The molecule has 28 heavy (non-hydrogen) atoms. The molecule has 5 nitrogen and oxygen atoms in total. The van der Waals surface area contributed by atoms with Crippen LogP contribution in [0.3, 0.4) is 0 Å². The average molecular weight is 413 g/mol. The largest absolute Gasteiger partial charge is 0.481 e. The normalized spacial score (nSPS) is 13.9. The van der Waals surface area contributed by atoms with Gasteiger partial charge in [0, 0.05) is 4.88 Å². The van der Waals surface area contributed by atoms with Crippen LogP contribution in [0.2, 0.25) is 0 Å². The Morgan fingerprint density at radius 2 is 2.18 bits per heavy atom. The number of thioether (sulfide) groups is 1. The fourth-order valence-corrected chi connectivity index (χ4v) is 5.48. The van der Waals surface area contributed by atoms with Crippen LogP contribution < -0.4 is 5.56 Å². The van der Waals surface area contributed by atoms with Crippen molar-refractivity contribution in [2.24, 2.45) is 0 Å². The number of nitrogens with one attached hydrogen (secondary N) is 1. The van der Waals surface area contributed by atoms with Crippen LogP contribution in [0.1, 0.15) is 39.4 Å². The van der Waals surface area contributed by atoms with E-state index in [9.17, 15) is 9.59 Å². The van der Waals surface area contributed by atoms with Crippen molar-refractivity contribution in [2.75, 3.05) is 5.75 Å². The van der Waals surface area contributed by atoms with Crippen molar-refractivity contribution < 1.29 is 9.90 Å². The van der Waals surface area contributed by atoms with Crippen molar-refractivity contribution >= 4 is 50.3 Å². The number of H-pyrrole nitrogens is 1. The maximum Gasteiger partial charge on any atom is 0.313 e. The van der Waals surface area contributed by atoms with E-state index in [0.29, 0.717) is 16.1 Å². The lowest BCUT2D eigenvalue weighted by molar-refractivity contribution is -0.133. The van der Waals surface area contributed by atoms with E-state index in [1.54, 1.807) is 11.3 Å². The molecule has 2 aromatic heterocycles. The number of aromatic amines is 1. The fourth-order valence-electron chi connectivity index (χ4n) is 3.49. The zero-order valence-corrected chi connectivity index (χ0v) is 17.3. The molecule has 0 saturated carbocycles. The van der Waals surface area contributed by atoms with Crippen LogP contribution in [0.15, 0.2) is 23.0 Å². The van der Waals surface area contributed by atoms with Crippen LogP contribution in [-0.2, 0) is 17.6 Å².